The van der Waals surface area contributed by atoms with Crippen molar-refractivity contribution in [2.45, 2.75) is 12.2 Å². The predicted molar refractivity (Wildman–Crippen MR) is 98.6 cm³/mol. The highest BCUT2D eigenvalue weighted by Gasteiger charge is 2.48. The largest absolute Gasteiger partial charge is 0.504 e. The van der Waals surface area contributed by atoms with Crippen LogP contribution in [0.4, 0.5) is 0 Å². The summed E-state index contributed by atoms with van der Waals surface area (Å²) < 4.78 is 28.3. The van der Waals surface area contributed by atoms with Crippen molar-refractivity contribution in [2.24, 2.45) is 11.8 Å². The smallest absolute Gasteiger partial charge is 0.161 e. The summed E-state index contributed by atoms with van der Waals surface area (Å²) in [6, 6.07) is 11.3. The molecule has 0 bridgehead atoms. The minimum absolute atomic E-state index is 0.0428. The Bertz CT molecular complexity index is 820. The zero-order valence-corrected chi connectivity index (χ0v) is 15.7. The average Bonchev–Trinajstić information content (AvgIpc) is 3.30. The molecule has 0 spiro atoms. The van der Waals surface area contributed by atoms with Crippen LogP contribution < -0.4 is 14.2 Å². The molecule has 2 aliphatic heterocycles. The number of fused-ring (bicyclic) bond motifs is 1. The third-order valence-corrected chi connectivity index (χ3v) is 5.53. The van der Waals surface area contributed by atoms with Gasteiger partial charge in [0.15, 0.2) is 23.0 Å². The van der Waals surface area contributed by atoms with E-state index in [9.17, 15) is 5.11 Å². The van der Waals surface area contributed by atoms with E-state index < -0.39 is 0 Å². The Morgan fingerprint density at radius 3 is 1.81 bits per heavy atom. The highest BCUT2D eigenvalue weighted by Crippen LogP contribution is 2.51. The SMILES string of the molecule is COc1cc([C@@H]2OC[C@@H]3[C@H]2CO[C@@H]3c2ccc(OC)c(OC)c2)ccc1O. The van der Waals surface area contributed by atoms with E-state index in [1.807, 2.05) is 30.3 Å². The van der Waals surface area contributed by atoms with Gasteiger partial charge in [0.1, 0.15) is 0 Å². The topological polar surface area (TPSA) is 66.4 Å². The van der Waals surface area contributed by atoms with Crippen molar-refractivity contribution in [1.82, 2.24) is 0 Å². The average molecular weight is 372 g/mol. The summed E-state index contributed by atoms with van der Waals surface area (Å²) in [4.78, 5) is 0. The first-order valence-corrected chi connectivity index (χ1v) is 8.98. The molecule has 2 heterocycles. The van der Waals surface area contributed by atoms with E-state index in [1.165, 1.54) is 0 Å². The summed E-state index contributed by atoms with van der Waals surface area (Å²) in [5, 5.41) is 9.84. The molecule has 0 unspecified atom stereocenters. The first kappa shape index (κ1) is 17.9. The van der Waals surface area contributed by atoms with Crippen LogP contribution in [0.15, 0.2) is 36.4 Å². The van der Waals surface area contributed by atoms with Crippen molar-refractivity contribution in [1.29, 1.82) is 0 Å². The summed E-state index contributed by atoms with van der Waals surface area (Å²) in [6.45, 7) is 1.25. The first-order valence-electron chi connectivity index (χ1n) is 8.98. The number of aromatic hydroxyl groups is 1. The highest BCUT2D eigenvalue weighted by atomic mass is 16.5. The van der Waals surface area contributed by atoms with Crippen LogP contribution in [-0.2, 0) is 9.47 Å². The molecule has 0 aromatic heterocycles. The fraction of sp³-hybridized carbons (Fsp3) is 0.429. The molecule has 2 aliphatic rings. The van der Waals surface area contributed by atoms with E-state index in [-0.39, 0.29) is 29.8 Å². The van der Waals surface area contributed by atoms with Gasteiger partial charge in [0.25, 0.3) is 0 Å². The summed E-state index contributed by atoms with van der Waals surface area (Å²) >= 11 is 0. The Hall–Kier alpha value is -2.44. The highest BCUT2D eigenvalue weighted by molar-refractivity contribution is 5.45. The number of rotatable bonds is 5. The predicted octanol–water partition coefficient (Wildman–Crippen LogP) is 3.49. The number of methoxy groups -OCH3 is 3. The van der Waals surface area contributed by atoms with Crippen molar-refractivity contribution >= 4 is 0 Å². The Morgan fingerprint density at radius 1 is 0.741 bits per heavy atom. The number of phenolic OH excluding ortho intramolecular Hbond substituents is 1. The lowest BCUT2D eigenvalue weighted by molar-refractivity contribution is 0.0191. The van der Waals surface area contributed by atoms with Gasteiger partial charge in [-0.3, -0.25) is 0 Å². The van der Waals surface area contributed by atoms with Crippen LogP contribution in [-0.4, -0.2) is 39.6 Å². The van der Waals surface area contributed by atoms with Gasteiger partial charge in [-0.1, -0.05) is 12.1 Å². The summed E-state index contributed by atoms with van der Waals surface area (Å²) in [7, 11) is 4.80. The van der Waals surface area contributed by atoms with Crippen molar-refractivity contribution in [3.05, 3.63) is 47.5 Å². The molecule has 2 fully saturated rings. The monoisotopic (exact) mass is 372 g/mol. The van der Waals surface area contributed by atoms with E-state index in [1.54, 1.807) is 27.4 Å². The van der Waals surface area contributed by atoms with Crippen LogP contribution >= 0.6 is 0 Å². The minimum atomic E-state index is -0.0744. The van der Waals surface area contributed by atoms with Gasteiger partial charge in [0.2, 0.25) is 0 Å². The third-order valence-electron chi connectivity index (χ3n) is 5.53. The van der Waals surface area contributed by atoms with Crippen molar-refractivity contribution in [3.8, 4) is 23.0 Å². The van der Waals surface area contributed by atoms with Crippen LogP contribution in [0, 0.1) is 11.8 Å². The van der Waals surface area contributed by atoms with E-state index >= 15 is 0 Å². The van der Waals surface area contributed by atoms with Crippen LogP contribution in [0.1, 0.15) is 23.3 Å². The minimum Gasteiger partial charge on any atom is -0.504 e. The molecule has 4 atom stereocenters. The molecule has 0 saturated carbocycles. The standard InChI is InChI=1S/C21H24O6/c1-23-17-7-5-13(9-19(17)25-3)21-15-11-26-20(14(15)10-27-21)12-4-6-16(22)18(8-12)24-2/h4-9,14-15,20-22H,10-11H2,1-3H3/t14-,15-,20+,21-/m1/s1. The molecule has 0 amide bonds. The number of hydrogen-bond acceptors (Lipinski definition) is 6. The van der Waals surface area contributed by atoms with Crippen LogP contribution in [0.5, 0.6) is 23.0 Å². The number of ether oxygens (including phenoxy) is 5. The summed E-state index contributed by atoms with van der Waals surface area (Å²) in [6.07, 6.45) is -0.117. The fourth-order valence-corrected chi connectivity index (χ4v) is 4.14. The molecule has 0 radical (unpaired) electrons. The fourth-order valence-electron chi connectivity index (χ4n) is 4.14. The first-order chi connectivity index (χ1) is 13.2. The molecule has 0 aliphatic carbocycles. The van der Waals surface area contributed by atoms with Gasteiger partial charge < -0.3 is 28.8 Å². The zero-order chi connectivity index (χ0) is 19.0. The van der Waals surface area contributed by atoms with Gasteiger partial charge in [-0.25, -0.2) is 0 Å². The van der Waals surface area contributed by atoms with Gasteiger partial charge in [-0.2, -0.15) is 0 Å². The molecule has 1 N–H and O–H groups in total. The quantitative estimate of drug-likeness (QED) is 0.867. The van der Waals surface area contributed by atoms with Crippen molar-refractivity contribution in [2.75, 3.05) is 34.5 Å². The van der Waals surface area contributed by atoms with Gasteiger partial charge in [-0.15, -0.1) is 0 Å². The summed E-state index contributed by atoms with van der Waals surface area (Å²) in [5.41, 5.74) is 2.06. The van der Waals surface area contributed by atoms with Gasteiger partial charge >= 0.3 is 0 Å². The van der Waals surface area contributed by atoms with Gasteiger partial charge in [0, 0.05) is 11.8 Å². The lowest BCUT2D eigenvalue weighted by atomic mass is 9.85. The second kappa shape index (κ2) is 7.29. The Labute approximate surface area is 158 Å². The van der Waals surface area contributed by atoms with Crippen LogP contribution in [0.3, 0.4) is 0 Å². The van der Waals surface area contributed by atoms with Crippen LogP contribution in [0.2, 0.25) is 0 Å². The molecule has 2 saturated heterocycles. The molecule has 2 aromatic carbocycles. The molecule has 144 valence electrons. The molecule has 6 nitrogen and oxygen atoms in total. The van der Waals surface area contributed by atoms with E-state index in [0.29, 0.717) is 30.5 Å². The number of phenols is 1. The number of benzene rings is 2. The zero-order valence-electron chi connectivity index (χ0n) is 15.7. The van der Waals surface area contributed by atoms with Gasteiger partial charge in [-0.05, 0) is 35.4 Å². The third kappa shape index (κ3) is 3.09. The van der Waals surface area contributed by atoms with Crippen LogP contribution in [0.25, 0.3) is 0 Å². The van der Waals surface area contributed by atoms with E-state index in [2.05, 4.69) is 0 Å². The number of hydrogen-bond donors (Lipinski definition) is 1. The second-order valence-corrected chi connectivity index (χ2v) is 6.88. The summed E-state index contributed by atoms with van der Waals surface area (Å²) in [5.74, 6) is 2.48. The maximum Gasteiger partial charge on any atom is 0.161 e. The molecule has 27 heavy (non-hydrogen) atoms. The molecular weight excluding hydrogens is 348 g/mol. The maximum atomic E-state index is 9.84. The van der Waals surface area contributed by atoms with Crippen molar-refractivity contribution in [3.63, 3.8) is 0 Å². The maximum absolute atomic E-state index is 9.84. The van der Waals surface area contributed by atoms with E-state index in [0.717, 1.165) is 11.1 Å². The lowest BCUT2D eigenvalue weighted by Gasteiger charge is -2.18. The van der Waals surface area contributed by atoms with E-state index in [4.69, 9.17) is 23.7 Å². The molecule has 6 heteroatoms. The molecule has 2 aromatic rings. The Kier molecular flexibility index (Phi) is 4.85. The Balaban J connectivity index is 1.57. The van der Waals surface area contributed by atoms with Gasteiger partial charge in [0.05, 0.1) is 46.8 Å². The van der Waals surface area contributed by atoms with Crippen molar-refractivity contribution < 1.29 is 28.8 Å². The molecule has 4 rings (SSSR count). The Morgan fingerprint density at radius 2 is 1.26 bits per heavy atom. The second-order valence-electron chi connectivity index (χ2n) is 6.88. The lowest BCUT2D eigenvalue weighted by Crippen LogP contribution is -2.14. The molecular formula is C21H24O6. The normalized spacial score (nSPS) is 26.6.